The van der Waals surface area contributed by atoms with E-state index >= 15 is 0 Å². The summed E-state index contributed by atoms with van der Waals surface area (Å²) in [7, 11) is 2.14. The fourth-order valence-electron chi connectivity index (χ4n) is 4.13. The highest BCUT2D eigenvalue weighted by Gasteiger charge is 2.23. The molecule has 148 valence electrons. The Bertz CT molecular complexity index is 670. The maximum Gasteiger partial charge on any atom is 0.319 e. The molecule has 1 aromatic rings. The number of rotatable bonds is 6. The summed E-state index contributed by atoms with van der Waals surface area (Å²) in [4.78, 5) is 26.9. The highest BCUT2D eigenvalue weighted by atomic mass is 16.2. The minimum absolute atomic E-state index is 0.0953. The van der Waals surface area contributed by atoms with E-state index in [1.54, 1.807) is 0 Å². The summed E-state index contributed by atoms with van der Waals surface area (Å²) in [5.74, 6) is 0.218. The van der Waals surface area contributed by atoms with Gasteiger partial charge in [-0.05, 0) is 70.3 Å². The monoisotopic (exact) mass is 372 g/mol. The van der Waals surface area contributed by atoms with Crippen LogP contribution >= 0.6 is 0 Å². The fraction of sp³-hybridized carbons (Fsp3) is 0.619. The molecule has 0 bridgehead atoms. The predicted octanol–water partition coefficient (Wildman–Crippen LogP) is 3.73. The van der Waals surface area contributed by atoms with Crippen LogP contribution < -0.4 is 16.0 Å². The fourth-order valence-corrected chi connectivity index (χ4v) is 4.13. The van der Waals surface area contributed by atoms with Crippen LogP contribution in [0.15, 0.2) is 18.2 Å². The number of nitrogens with one attached hydrogen (secondary N) is 3. The number of carbonyl (C=O) groups is 2. The third kappa shape index (κ3) is 5.45. The molecule has 0 aromatic heterocycles. The average Bonchev–Trinajstić information content (AvgIpc) is 3.30. The lowest BCUT2D eigenvalue weighted by Gasteiger charge is -2.19. The van der Waals surface area contributed by atoms with Crippen molar-refractivity contribution < 1.29 is 9.59 Å². The van der Waals surface area contributed by atoms with E-state index in [0.717, 1.165) is 49.9 Å². The van der Waals surface area contributed by atoms with Gasteiger partial charge in [-0.1, -0.05) is 18.9 Å². The maximum absolute atomic E-state index is 12.4. The molecule has 2 fully saturated rings. The Kier molecular flexibility index (Phi) is 6.72. The lowest BCUT2D eigenvalue weighted by Crippen LogP contribution is -2.34. The Hall–Kier alpha value is -2.08. The van der Waals surface area contributed by atoms with Gasteiger partial charge in [0.2, 0.25) is 5.91 Å². The van der Waals surface area contributed by atoms with Gasteiger partial charge in [0.25, 0.3) is 0 Å². The molecule has 1 saturated heterocycles. The van der Waals surface area contributed by atoms with E-state index in [-0.39, 0.29) is 17.9 Å². The Labute approximate surface area is 162 Å². The highest BCUT2D eigenvalue weighted by molar-refractivity contribution is 5.95. The molecule has 1 atom stereocenters. The van der Waals surface area contributed by atoms with E-state index in [4.69, 9.17) is 0 Å². The van der Waals surface area contributed by atoms with Crippen molar-refractivity contribution in [1.82, 2.24) is 10.2 Å². The molecule has 3 rings (SSSR count). The van der Waals surface area contributed by atoms with Gasteiger partial charge in [-0.2, -0.15) is 0 Å². The minimum Gasteiger partial charge on any atom is -0.338 e. The number of benzene rings is 1. The number of likely N-dealkylation sites (tertiary alicyclic amines) is 1. The van der Waals surface area contributed by atoms with Crippen molar-refractivity contribution >= 4 is 23.3 Å². The molecule has 27 heavy (non-hydrogen) atoms. The van der Waals surface area contributed by atoms with E-state index in [0.29, 0.717) is 18.3 Å². The van der Waals surface area contributed by atoms with Crippen LogP contribution in [0, 0.1) is 12.8 Å². The van der Waals surface area contributed by atoms with Gasteiger partial charge in [0.05, 0.1) is 0 Å². The summed E-state index contributed by atoms with van der Waals surface area (Å²) in [5.41, 5.74) is 2.46. The summed E-state index contributed by atoms with van der Waals surface area (Å²) in [6.07, 6.45) is 7.64. The van der Waals surface area contributed by atoms with Gasteiger partial charge in [0, 0.05) is 29.9 Å². The summed E-state index contributed by atoms with van der Waals surface area (Å²) in [6, 6.07) is 6.00. The van der Waals surface area contributed by atoms with E-state index in [9.17, 15) is 9.59 Å². The molecule has 1 heterocycles. The van der Waals surface area contributed by atoms with Crippen LogP contribution in [0.1, 0.15) is 50.5 Å². The summed E-state index contributed by atoms with van der Waals surface area (Å²) in [5, 5.41) is 8.84. The van der Waals surface area contributed by atoms with Crippen molar-refractivity contribution in [1.29, 1.82) is 0 Å². The van der Waals surface area contributed by atoms with Crippen molar-refractivity contribution in [2.24, 2.45) is 5.92 Å². The van der Waals surface area contributed by atoms with Gasteiger partial charge >= 0.3 is 6.03 Å². The SMILES string of the molecule is Cc1ccc(NC(=O)NCC[C@H]2CCCN2C)cc1NC(=O)C1CCCC1. The lowest BCUT2D eigenvalue weighted by molar-refractivity contribution is -0.119. The molecule has 0 radical (unpaired) electrons. The molecule has 3 amide bonds. The number of aryl methyl sites for hydroxylation is 1. The smallest absolute Gasteiger partial charge is 0.319 e. The first-order valence-electron chi connectivity index (χ1n) is 10.2. The van der Waals surface area contributed by atoms with Crippen molar-refractivity contribution in [3.05, 3.63) is 23.8 Å². The topological polar surface area (TPSA) is 73.5 Å². The molecule has 2 aliphatic rings. The van der Waals surface area contributed by atoms with Crippen LogP contribution in [0.4, 0.5) is 16.2 Å². The molecule has 6 nitrogen and oxygen atoms in total. The van der Waals surface area contributed by atoms with Gasteiger partial charge in [0.15, 0.2) is 0 Å². The number of urea groups is 1. The van der Waals surface area contributed by atoms with Crippen molar-refractivity contribution in [2.45, 2.75) is 57.9 Å². The second-order valence-corrected chi connectivity index (χ2v) is 7.95. The van der Waals surface area contributed by atoms with Crippen molar-refractivity contribution in [3.63, 3.8) is 0 Å². The van der Waals surface area contributed by atoms with Gasteiger partial charge in [-0.15, -0.1) is 0 Å². The Balaban J connectivity index is 1.49. The van der Waals surface area contributed by atoms with Crippen LogP contribution in [0.25, 0.3) is 0 Å². The second kappa shape index (κ2) is 9.22. The van der Waals surface area contributed by atoms with Crippen LogP contribution in [0.2, 0.25) is 0 Å². The zero-order chi connectivity index (χ0) is 19.2. The molecule has 1 aromatic carbocycles. The van der Waals surface area contributed by atoms with Crippen LogP contribution in [0.3, 0.4) is 0 Å². The zero-order valence-electron chi connectivity index (χ0n) is 16.5. The van der Waals surface area contributed by atoms with E-state index < -0.39 is 0 Å². The predicted molar refractivity (Wildman–Crippen MR) is 109 cm³/mol. The molecule has 1 saturated carbocycles. The molecule has 0 spiro atoms. The van der Waals surface area contributed by atoms with E-state index in [1.807, 2.05) is 25.1 Å². The number of carbonyl (C=O) groups excluding carboxylic acids is 2. The second-order valence-electron chi connectivity index (χ2n) is 7.95. The number of hydrogen-bond acceptors (Lipinski definition) is 3. The van der Waals surface area contributed by atoms with Gasteiger partial charge in [-0.3, -0.25) is 4.79 Å². The first-order chi connectivity index (χ1) is 13.0. The summed E-state index contributed by atoms with van der Waals surface area (Å²) in [6.45, 7) is 3.78. The molecule has 6 heteroatoms. The third-order valence-corrected chi connectivity index (χ3v) is 5.91. The number of amides is 3. The molecular formula is C21H32N4O2. The lowest BCUT2D eigenvalue weighted by atomic mass is 10.1. The van der Waals surface area contributed by atoms with Crippen molar-refractivity contribution in [2.75, 3.05) is 30.8 Å². The number of anilines is 2. The summed E-state index contributed by atoms with van der Waals surface area (Å²) >= 11 is 0. The molecule has 3 N–H and O–H groups in total. The molecular weight excluding hydrogens is 340 g/mol. The van der Waals surface area contributed by atoms with E-state index in [2.05, 4.69) is 27.9 Å². The average molecular weight is 373 g/mol. The zero-order valence-corrected chi connectivity index (χ0v) is 16.5. The Morgan fingerprint density at radius 3 is 2.59 bits per heavy atom. The van der Waals surface area contributed by atoms with Crippen LogP contribution in [-0.4, -0.2) is 43.0 Å². The minimum atomic E-state index is -0.201. The Morgan fingerprint density at radius 1 is 1.11 bits per heavy atom. The third-order valence-electron chi connectivity index (χ3n) is 5.91. The largest absolute Gasteiger partial charge is 0.338 e. The van der Waals surface area contributed by atoms with Crippen molar-refractivity contribution in [3.8, 4) is 0 Å². The Morgan fingerprint density at radius 2 is 1.89 bits per heavy atom. The quantitative estimate of drug-likeness (QED) is 0.712. The standard InChI is InChI=1S/C21H32N4O2/c1-15-9-10-17(14-19(15)24-20(26)16-6-3-4-7-16)23-21(27)22-12-11-18-8-5-13-25(18)2/h9-10,14,16,18H,3-8,11-13H2,1-2H3,(H,24,26)(H2,22,23,27)/t18-/m1/s1. The number of hydrogen-bond donors (Lipinski definition) is 3. The first kappa shape index (κ1) is 19.7. The summed E-state index contributed by atoms with van der Waals surface area (Å²) < 4.78 is 0. The first-order valence-corrected chi connectivity index (χ1v) is 10.2. The maximum atomic E-state index is 12.4. The van der Waals surface area contributed by atoms with Crippen LogP contribution in [0.5, 0.6) is 0 Å². The van der Waals surface area contributed by atoms with Gasteiger partial charge < -0.3 is 20.9 Å². The normalized spacial score (nSPS) is 20.6. The van der Waals surface area contributed by atoms with Gasteiger partial charge in [0.1, 0.15) is 0 Å². The molecule has 1 aliphatic heterocycles. The van der Waals surface area contributed by atoms with Crippen LogP contribution in [-0.2, 0) is 4.79 Å². The molecule has 1 aliphatic carbocycles. The molecule has 0 unspecified atom stereocenters. The van der Waals surface area contributed by atoms with E-state index in [1.165, 1.54) is 12.8 Å². The van der Waals surface area contributed by atoms with Gasteiger partial charge in [-0.25, -0.2) is 4.79 Å². The highest BCUT2D eigenvalue weighted by Crippen LogP contribution is 2.27. The number of nitrogens with zero attached hydrogens (tertiary/aromatic N) is 1.